The van der Waals surface area contributed by atoms with Gasteiger partial charge in [0.05, 0.1) is 5.69 Å². The van der Waals surface area contributed by atoms with E-state index in [-0.39, 0.29) is 0 Å². The zero-order chi connectivity index (χ0) is 19.8. The highest BCUT2D eigenvalue weighted by atomic mass is 15.2. The number of nitrogens with two attached hydrogens (primary N) is 1. The number of aromatic nitrogens is 1. The van der Waals surface area contributed by atoms with Crippen molar-refractivity contribution < 1.29 is 0 Å². The molecule has 0 radical (unpaired) electrons. The number of benzene rings is 3. The number of pyridine rings is 1. The number of rotatable bonds is 2. The van der Waals surface area contributed by atoms with Crippen LogP contribution in [-0.4, -0.2) is 30.0 Å². The first-order valence-corrected chi connectivity index (χ1v) is 9.98. The fourth-order valence-electron chi connectivity index (χ4n) is 4.12. The summed E-state index contributed by atoms with van der Waals surface area (Å²) in [7, 11) is 2.18. The van der Waals surface area contributed by atoms with Crippen molar-refractivity contribution in [3.8, 4) is 11.3 Å². The fourth-order valence-corrected chi connectivity index (χ4v) is 4.12. The maximum absolute atomic E-state index is 5.90. The van der Waals surface area contributed by atoms with Crippen LogP contribution in [0.3, 0.4) is 0 Å². The first-order chi connectivity index (χ1) is 14.2. The summed E-state index contributed by atoms with van der Waals surface area (Å²) in [6.45, 7) is 2.88. The van der Waals surface area contributed by atoms with Crippen LogP contribution in [0.1, 0.15) is 5.56 Å². The summed E-state index contributed by atoms with van der Waals surface area (Å²) in [6, 6.07) is 27.7. The average molecular weight is 380 g/mol. The molecule has 0 aliphatic carbocycles. The van der Waals surface area contributed by atoms with Gasteiger partial charge >= 0.3 is 0 Å². The monoisotopic (exact) mass is 380 g/mol. The molecule has 0 unspecified atom stereocenters. The second kappa shape index (κ2) is 7.22. The van der Waals surface area contributed by atoms with Gasteiger partial charge in [-0.2, -0.15) is 0 Å². The molecule has 2 N–H and O–H groups in total. The third kappa shape index (κ3) is 3.43. The smallest absolute Gasteiger partial charge is 0.124 e. The molecule has 2 heterocycles. The Kier molecular flexibility index (Phi) is 4.41. The largest absolute Gasteiger partial charge is 0.384 e. The van der Waals surface area contributed by atoms with Crippen LogP contribution in [0.4, 0.5) is 17.2 Å². The Morgan fingerprint density at radius 2 is 1.69 bits per heavy atom. The number of hydrogen-bond donors (Lipinski definition) is 1. The zero-order valence-electron chi connectivity index (χ0n) is 16.5. The minimum absolute atomic E-state index is 0.548. The molecule has 1 aliphatic heterocycles. The highest BCUT2D eigenvalue weighted by Crippen LogP contribution is 2.35. The summed E-state index contributed by atoms with van der Waals surface area (Å²) < 4.78 is 0. The zero-order valence-corrected chi connectivity index (χ0v) is 16.5. The van der Waals surface area contributed by atoms with Gasteiger partial charge in [-0.15, -0.1) is 0 Å². The van der Waals surface area contributed by atoms with Crippen molar-refractivity contribution in [2.75, 3.05) is 30.8 Å². The minimum Gasteiger partial charge on any atom is -0.384 e. The van der Waals surface area contributed by atoms with E-state index in [1.54, 1.807) is 0 Å². The lowest BCUT2D eigenvalue weighted by atomic mass is 10.0. The Bertz CT molecular complexity index is 1180. The first kappa shape index (κ1) is 17.7. The second-order valence-corrected chi connectivity index (χ2v) is 7.71. The van der Waals surface area contributed by atoms with Gasteiger partial charge in [-0.1, -0.05) is 42.5 Å². The van der Waals surface area contributed by atoms with Crippen LogP contribution in [0.2, 0.25) is 0 Å². The Morgan fingerprint density at radius 3 is 2.55 bits per heavy atom. The van der Waals surface area contributed by atoms with E-state index in [9.17, 15) is 0 Å². The minimum atomic E-state index is 0.548. The van der Waals surface area contributed by atoms with E-state index in [0.717, 1.165) is 30.9 Å². The van der Waals surface area contributed by atoms with Crippen molar-refractivity contribution in [1.82, 2.24) is 9.88 Å². The lowest BCUT2D eigenvalue weighted by Gasteiger charge is -2.25. The number of anilines is 3. The van der Waals surface area contributed by atoms with Gasteiger partial charge in [0.2, 0.25) is 0 Å². The molecule has 0 fully saturated rings. The predicted octanol–water partition coefficient (Wildman–Crippen LogP) is 5.07. The van der Waals surface area contributed by atoms with Crippen LogP contribution in [0.5, 0.6) is 0 Å². The predicted molar refractivity (Wildman–Crippen MR) is 121 cm³/mol. The van der Waals surface area contributed by atoms with E-state index in [0.29, 0.717) is 5.82 Å². The number of nitrogen functional groups attached to an aromatic ring is 1. The quantitative estimate of drug-likeness (QED) is 0.527. The summed E-state index contributed by atoms with van der Waals surface area (Å²) in [4.78, 5) is 9.30. The molecule has 0 bridgehead atoms. The van der Waals surface area contributed by atoms with Crippen molar-refractivity contribution in [2.45, 2.75) is 6.54 Å². The Labute approximate surface area is 171 Å². The van der Waals surface area contributed by atoms with Crippen LogP contribution in [0.25, 0.3) is 22.0 Å². The Hall–Kier alpha value is -3.37. The molecule has 0 saturated heterocycles. The van der Waals surface area contributed by atoms with Gasteiger partial charge < -0.3 is 15.5 Å². The van der Waals surface area contributed by atoms with Gasteiger partial charge in [0.1, 0.15) is 5.82 Å². The van der Waals surface area contributed by atoms with Crippen molar-refractivity contribution in [2.24, 2.45) is 0 Å². The molecular weight excluding hydrogens is 356 g/mol. The van der Waals surface area contributed by atoms with Gasteiger partial charge in [0, 0.05) is 36.6 Å². The first-order valence-electron chi connectivity index (χ1n) is 9.98. The number of likely N-dealkylation sites (N-methyl/N-ethyl adjacent to an activating group) is 1. The van der Waals surface area contributed by atoms with Crippen molar-refractivity contribution in [3.63, 3.8) is 0 Å². The van der Waals surface area contributed by atoms with E-state index in [1.165, 1.54) is 27.7 Å². The SMILES string of the molecule is CN1CCN(c2ccc3ccccc3c2)c2ccc(-c3cccc(N)n3)cc2C1. The maximum atomic E-state index is 5.90. The number of hydrogen-bond acceptors (Lipinski definition) is 4. The second-order valence-electron chi connectivity index (χ2n) is 7.71. The van der Waals surface area contributed by atoms with Gasteiger partial charge in [-0.3, -0.25) is 0 Å². The van der Waals surface area contributed by atoms with Crippen LogP contribution in [0.15, 0.2) is 78.9 Å². The molecule has 0 amide bonds. The topological polar surface area (TPSA) is 45.4 Å². The average Bonchev–Trinajstić information content (AvgIpc) is 2.91. The van der Waals surface area contributed by atoms with Crippen LogP contribution in [-0.2, 0) is 6.54 Å². The van der Waals surface area contributed by atoms with Gasteiger partial charge in [0.25, 0.3) is 0 Å². The maximum Gasteiger partial charge on any atom is 0.124 e. The number of nitrogens with zero attached hydrogens (tertiary/aromatic N) is 3. The Balaban J connectivity index is 1.60. The number of fused-ring (bicyclic) bond motifs is 2. The lowest BCUT2D eigenvalue weighted by molar-refractivity contribution is 0.343. The third-order valence-corrected chi connectivity index (χ3v) is 5.63. The van der Waals surface area contributed by atoms with Gasteiger partial charge in [0.15, 0.2) is 0 Å². The van der Waals surface area contributed by atoms with E-state index < -0.39 is 0 Å². The molecule has 144 valence electrons. The molecule has 1 aromatic heterocycles. The molecule has 0 atom stereocenters. The van der Waals surface area contributed by atoms with Gasteiger partial charge in [-0.05, 0) is 59.8 Å². The standard InChI is InChI=1S/C25H24N4/c1-28-13-14-29(22-11-9-18-5-2-3-6-19(18)16-22)24-12-10-20(15-21(24)17-28)23-7-4-8-25(26)27-23/h2-12,15-16H,13-14,17H2,1H3,(H2,26,27). The van der Waals surface area contributed by atoms with Crippen molar-refractivity contribution in [3.05, 3.63) is 84.4 Å². The van der Waals surface area contributed by atoms with Gasteiger partial charge in [-0.25, -0.2) is 4.98 Å². The summed E-state index contributed by atoms with van der Waals surface area (Å²) >= 11 is 0. The van der Waals surface area contributed by atoms with Crippen LogP contribution < -0.4 is 10.6 Å². The lowest BCUT2D eigenvalue weighted by Crippen LogP contribution is -2.26. The van der Waals surface area contributed by atoms with E-state index in [1.807, 2.05) is 18.2 Å². The molecular formula is C25H24N4. The molecule has 0 saturated carbocycles. The summed E-state index contributed by atoms with van der Waals surface area (Å²) in [6.07, 6.45) is 0. The summed E-state index contributed by atoms with van der Waals surface area (Å²) in [5.74, 6) is 0.548. The van der Waals surface area contributed by atoms with Crippen molar-refractivity contribution in [1.29, 1.82) is 0 Å². The highest BCUT2D eigenvalue weighted by molar-refractivity contribution is 5.87. The highest BCUT2D eigenvalue weighted by Gasteiger charge is 2.20. The van der Waals surface area contributed by atoms with E-state index in [2.05, 4.69) is 82.5 Å². The third-order valence-electron chi connectivity index (χ3n) is 5.63. The summed E-state index contributed by atoms with van der Waals surface area (Å²) in [5, 5.41) is 2.54. The normalized spacial score (nSPS) is 14.6. The van der Waals surface area contributed by atoms with E-state index >= 15 is 0 Å². The molecule has 5 rings (SSSR count). The molecule has 4 heteroatoms. The summed E-state index contributed by atoms with van der Waals surface area (Å²) in [5.41, 5.74) is 11.7. The molecule has 4 aromatic rings. The molecule has 3 aromatic carbocycles. The van der Waals surface area contributed by atoms with Crippen LogP contribution in [0, 0.1) is 0 Å². The molecule has 4 nitrogen and oxygen atoms in total. The van der Waals surface area contributed by atoms with E-state index in [4.69, 9.17) is 5.73 Å². The Morgan fingerprint density at radius 1 is 0.828 bits per heavy atom. The molecule has 29 heavy (non-hydrogen) atoms. The molecule has 0 spiro atoms. The molecule has 1 aliphatic rings. The fraction of sp³-hybridized carbons (Fsp3) is 0.160. The van der Waals surface area contributed by atoms with Crippen LogP contribution >= 0.6 is 0 Å². The van der Waals surface area contributed by atoms with Crippen molar-refractivity contribution >= 4 is 28.0 Å².